The first-order valence-corrected chi connectivity index (χ1v) is 8.10. The number of aryl methyl sites for hydroxylation is 1. The highest BCUT2D eigenvalue weighted by Crippen LogP contribution is 2.66. The summed E-state index contributed by atoms with van der Waals surface area (Å²) in [5.41, 5.74) is 1.85. The van der Waals surface area contributed by atoms with Crippen LogP contribution in [0.5, 0.6) is 0 Å². The Morgan fingerprint density at radius 3 is 2.62 bits per heavy atom. The normalized spacial score (nSPS) is 33.2. The first kappa shape index (κ1) is 14.9. The lowest BCUT2D eigenvalue weighted by atomic mass is 9.70. The van der Waals surface area contributed by atoms with Gasteiger partial charge in [-0.3, -0.25) is 0 Å². The second-order valence-corrected chi connectivity index (χ2v) is 7.90. The second-order valence-electron chi connectivity index (χ2n) is 7.46. The standard InChI is InChI=1S/C18H23ClO2/c1-11-5-6-13(19)10-14(11)16(20)21-15-9-12-7-8-18(15,4)17(12,2)3/h5-6,10,12,15H,7-9H2,1-4H3. The zero-order valence-corrected chi connectivity index (χ0v) is 14.0. The van der Waals surface area contributed by atoms with Crippen molar-refractivity contribution in [3.63, 3.8) is 0 Å². The molecule has 1 aromatic carbocycles. The topological polar surface area (TPSA) is 26.3 Å². The molecule has 0 spiro atoms. The fraction of sp³-hybridized carbons (Fsp3) is 0.611. The van der Waals surface area contributed by atoms with Crippen molar-refractivity contribution in [1.82, 2.24) is 0 Å². The van der Waals surface area contributed by atoms with Gasteiger partial charge in [-0.25, -0.2) is 4.79 Å². The molecular weight excluding hydrogens is 284 g/mol. The molecule has 21 heavy (non-hydrogen) atoms. The number of carbonyl (C=O) groups is 1. The van der Waals surface area contributed by atoms with E-state index in [1.165, 1.54) is 6.42 Å². The summed E-state index contributed by atoms with van der Waals surface area (Å²) in [6.45, 7) is 8.84. The van der Waals surface area contributed by atoms with Gasteiger partial charge in [0.2, 0.25) is 0 Å². The molecule has 2 aliphatic carbocycles. The van der Waals surface area contributed by atoms with Crippen LogP contribution < -0.4 is 0 Å². The maximum absolute atomic E-state index is 12.5. The zero-order valence-electron chi connectivity index (χ0n) is 13.2. The van der Waals surface area contributed by atoms with Crippen LogP contribution in [0.4, 0.5) is 0 Å². The number of benzene rings is 1. The Hall–Kier alpha value is -1.02. The van der Waals surface area contributed by atoms with E-state index < -0.39 is 0 Å². The molecule has 114 valence electrons. The average Bonchev–Trinajstić information content (AvgIpc) is 2.74. The SMILES string of the molecule is Cc1ccc(Cl)cc1C(=O)OC1CC2CCC1(C)C2(C)C. The van der Waals surface area contributed by atoms with E-state index in [1.54, 1.807) is 12.1 Å². The predicted molar refractivity (Wildman–Crippen MR) is 84.6 cm³/mol. The molecule has 0 aliphatic heterocycles. The Morgan fingerprint density at radius 1 is 1.33 bits per heavy atom. The van der Waals surface area contributed by atoms with Crippen LogP contribution in [-0.2, 0) is 4.74 Å². The summed E-state index contributed by atoms with van der Waals surface area (Å²) < 4.78 is 5.91. The van der Waals surface area contributed by atoms with Crippen molar-refractivity contribution in [2.24, 2.45) is 16.7 Å². The van der Waals surface area contributed by atoms with Crippen LogP contribution in [-0.4, -0.2) is 12.1 Å². The van der Waals surface area contributed by atoms with Gasteiger partial charge in [0.15, 0.2) is 0 Å². The first-order valence-electron chi connectivity index (χ1n) is 7.73. The molecule has 0 aromatic heterocycles. The summed E-state index contributed by atoms with van der Waals surface area (Å²) in [6.07, 6.45) is 3.43. The highest BCUT2D eigenvalue weighted by Gasteiger charge is 2.62. The number of hydrogen-bond donors (Lipinski definition) is 0. The van der Waals surface area contributed by atoms with Gasteiger partial charge in [-0.05, 0) is 55.2 Å². The Balaban J connectivity index is 1.82. The molecule has 1 aromatic rings. The summed E-state index contributed by atoms with van der Waals surface area (Å²) in [5.74, 6) is 0.435. The monoisotopic (exact) mass is 306 g/mol. The third-order valence-electron chi connectivity index (χ3n) is 6.38. The zero-order chi connectivity index (χ0) is 15.4. The van der Waals surface area contributed by atoms with Crippen LogP contribution in [0.1, 0.15) is 56.0 Å². The molecule has 0 saturated heterocycles. The number of fused-ring (bicyclic) bond motifs is 2. The minimum absolute atomic E-state index is 0.0251. The molecule has 2 aliphatic rings. The van der Waals surface area contributed by atoms with Gasteiger partial charge in [-0.15, -0.1) is 0 Å². The molecule has 2 bridgehead atoms. The van der Waals surface area contributed by atoms with Gasteiger partial charge in [0.05, 0.1) is 5.56 Å². The summed E-state index contributed by atoms with van der Waals surface area (Å²) >= 11 is 6.01. The van der Waals surface area contributed by atoms with Crippen molar-refractivity contribution < 1.29 is 9.53 Å². The number of hydrogen-bond acceptors (Lipinski definition) is 2. The van der Waals surface area contributed by atoms with E-state index in [0.29, 0.717) is 16.5 Å². The van der Waals surface area contributed by atoms with Gasteiger partial charge in [0.1, 0.15) is 6.10 Å². The molecule has 3 unspecified atom stereocenters. The minimum atomic E-state index is -0.232. The molecule has 3 atom stereocenters. The smallest absolute Gasteiger partial charge is 0.338 e. The largest absolute Gasteiger partial charge is 0.458 e. The molecule has 0 radical (unpaired) electrons. The number of carbonyl (C=O) groups excluding carboxylic acids is 1. The minimum Gasteiger partial charge on any atom is -0.458 e. The lowest BCUT2D eigenvalue weighted by molar-refractivity contribution is -0.0243. The molecular formula is C18H23ClO2. The van der Waals surface area contributed by atoms with Crippen molar-refractivity contribution >= 4 is 17.6 Å². The maximum atomic E-state index is 12.5. The van der Waals surface area contributed by atoms with Crippen molar-refractivity contribution in [2.75, 3.05) is 0 Å². The Kier molecular flexibility index (Phi) is 3.36. The lowest BCUT2D eigenvalue weighted by Crippen LogP contribution is -2.38. The maximum Gasteiger partial charge on any atom is 0.338 e. The third-order valence-corrected chi connectivity index (χ3v) is 6.62. The second kappa shape index (κ2) is 4.74. The van der Waals surface area contributed by atoms with E-state index >= 15 is 0 Å². The Labute approximate surface area is 131 Å². The fourth-order valence-electron chi connectivity index (χ4n) is 4.32. The quantitative estimate of drug-likeness (QED) is 0.717. The first-order chi connectivity index (χ1) is 9.75. The highest BCUT2D eigenvalue weighted by molar-refractivity contribution is 6.31. The van der Waals surface area contributed by atoms with Crippen LogP contribution in [0.3, 0.4) is 0 Å². The summed E-state index contributed by atoms with van der Waals surface area (Å²) in [6, 6.07) is 5.38. The molecule has 0 heterocycles. The molecule has 0 amide bonds. The molecule has 2 saturated carbocycles. The van der Waals surface area contributed by atoms with Crippen LogP contribution in [0.15, 0.2) is 18.2 Å². The molecule has 0 N–H and O–H groups in total. The van der Waals surface area contributed by atoms with Crippen LogP contribution in [0, 0.1) is 23.7 Å². The number of esters is 1. The van der Waals surface area contributed by atoms with Gasteiger partial charge in [0.25, 0.3) is 0 Å². The van der Waals surface area contributed by atoms with Gasteiger partial charge in [0, 0.05) is 10.4 Å². The van der Waals surface area contributed by atoms with E-state index in [2.05, 4.69) is 20.8 Å². The number of ether oxygens (including phenoxy) is 1. The highest BCUT2D eigenvalue weighted by atomic mass is 35.5. The van der Waals surface area contributed by atoms with Crippen molar-refractivity contribution in [2.45, 2.75) is 53.1 Å². The van der Waals surface area contributed by atoms with Crippen LogP contribution in [0.25, 0.3) is 0 Å². The van der Waals surface area contributed by atoms with Gasteiger partial charge in [-0.2, -0.15) is 0 Å². The van der Waals surface area contributed by atoms with Crippen molar-refractivity contribution in [3.8, 4) is 0 Å². The summed E-state index contributed by atoms with van der Waals surface area (Å²) in [5, 5.41) is 0.576. The van der Waals surface area contributed by atoms with Crippen LogP contribution >= 0.6 is 11.6 Å². The lowest BCUT2D eigenvalue weighted by Gasteiger charge is -2.38. The third kappa shape index (κ3) is 2.11. The average molecular weight is 307 g/mol. The van der Waals surface area contributed by atoms with E-state index in [0.717, 1.165) is 18.4 Å². The number of halogens is 1. The van der Waals surface area contributed by atoms with Crippen molar-refractivity contribution in [1.29, 1.82) is 0 Å². The molecule has 2 nitrogen and oxygen atoms in total. The molecule has 3 rings (SSSR count). The van der Waals surface area contributed by atoms with Crippen LogP contribution in [0.2, 0.25) is 5.02 Å². The number of rotatable bonds is 2. The molecule has 2 fully saturated rings. The van der Waals surface area contributed by atoms with Crippen molar-refractivity contribution in [3.05, 3.63) is 34.3 Å². The summed E-state index contributed by atoms with van der Waals surface area (Å²) in [4.78, 5) is 12.5. The van der Waals surface area contributed by atoms with Gasteiger partial charge < -0.3 is 4.74 Å². The van der Waals surface area contributed by atoms with Gasteiger partial charge in [-0.1, -0.05) is 38.4 Å². The predicted octanol–water partition coefficient (Wildman–Crippen LogP) is 5.02. The fourth-order valence-corrected chi connectivity index (χ4v) is 4.49. The van der Waals surface area contributed by atoms with E-state index in [1.807, 2.05) is 13.0 Å². The van der Waals surface area contributed by atoms with E-state index in [4.69, 9.17) is 16.3 Å². The van der Waals surface area contributed by atoms with E-state index in [9.17, 15) is 4.79 Å². The Morgan fingerprint density at radius 2 is 2.05 bits per heavy atom. The molecule has 3 heteroatoms. The Bertz CT molecular complexity index is 593. The summed E-state index contributed by atoms with van der Waals surface area (Å²) in [7, 11) is 0. The van der Waals surface area contributed by atoms with E-state index in [-0.39, 0.29) is 22.9 Å². The van der Waals surface area contributed by atoms with Gasteiger partial charge >= 0.3 is 5.97 Å².